The summed E-state index contributed by atoms with van der Waals surface area (Å²) < 4.78 is 16.3. The lowest BCUT2D eigenvalue weighted by atomic mass is 10.0. The Labute approximate surface area is 106 Å². The van der Waals surface area contributed by atoms with Crippen LogP contribution in [0.3, 0.4) is 0 Å². The van der Waals surface area contributed by atoms with Crippen molar-refractivity contribution in [1.82, 2.24) is 0 Å². The summed E-state index contributed by atoms with van der Waals surface area (Å²) in [6.45, 7) is 2.20. The van der Waals surface area contributed by atoms with E-state index >= 15 is 0 Å². The topological polar surface area (TPSA) is 27.7 Å². The average molecular weight is 269 g/mol. The maximum absolute atomic E-state index is 5.68. The van der Waals surface area contributed by atoms with Gasteiger partial charge in [0.05, 0.1) is 0 Å². The summed E-state index contributed by atoms with van der Waals surface area (Å²) in [4.78, 5) is 0. The number of alkyl halides is 1. The third-order valence-electron chi connectivity index (χ3n) is 3.05. The second kappa shape index (κ2) is 9.42. The molecule has 0 aromatic rings. The third-order valence-corrected chi connectivity index (χ3v) is 6.26. The first kappa shape index (κ1) is 16.4. The van der Waals surface area contributed by atoms with Gasteiger partial charge in [0.1, 0.15) is 0 Å². The van der Waals surface area contributed by atoms with Crippen molar-refractivity contribution in [2.45, 2.75) is 38.7 Å². The zero-order chi connectivity index (χ0) is 12.4. The Morgan fingerprint density at radius 3 is 2.00 bits per heavy atom. The van der Waals surface area contributed by atoms with Gasteiger partial charge >= 0.3 is 8.80 Å². The molecule has 0 bridgehead atoms. The van der Waals surface area contributed by atoms with Crippen LogP contribution in [0.1, 0.15) is 32.6 Å². The molecule has 3 nitrogen and oxygen atoms in total. The van der Waals surface area contributed by atoms with E-state index in [2.05, 4.69) is 6.92 Å². The standard InChI is InChI=1S/C11H25ClO3Si/c1-5-11(8-6-7-9-12)10-16(13-2,14-3)15-4/h11H,5-10H2,1-4H3. The number of unbranched alkanes of at least 4 members (excludes halogenated alkanes) is 1. The van der Waals surface area contributed by atoms with Crippen LogP contribution >= 0.6 is 11.6 Å². The summed E-state index contributed by atoms with van der Waals surface area (Å²) in [5.74, 6) is 1.35. The highest BCUT2D eigenvalue weighted by Crippen LogP contribution is 2.25. The molecule has 0 spiro atoms. The van der Waals surface area contributed by atoms with Gasteiger partial charge in [-0.1, -0.05) is 26.2 Å². The second-order valence-electron chi connectivity index (χ2n) is 3.96. The van der Waals surface area contributed by atoms with Crippen molar-refractivity contribution >= 4 is 20.4 Å². The minimum Gasteiger partial charge on any atom is -0.377 e. The van der Waals surface area contributed by atoms with Crippen molar-refractivity contribution < 1.29 is 13.3 Å². The Morgan fingerprint density at radius 2 is 1.62 bits per heavy atom. The lowest BCUT2D eigenvalue weighted by Crippen LogP contribution is -2.44. The molecule has 0 rings (SSSR count). The molecule has 5 heteroatoms. The highest BCUT2D eigenvalue weighted by atomic mass is 35.5. The molecule has 1 atom stereocenters. The first-order valence-corrected chi connectivity index (χ1v) is 8.36. The molecule has 0 amide bonds. The van der Waals surface area contributed by atoms with Crippen LogP contribution in [-0.4, -0.2) is 36.0 Å². The fourth-order valence-corrected chi connectivity index (χ4v) is 4.22. The van der Waals surface area contributed by atoms with E-state index in [9.17, 15) is 0 Å². The summed E-state index contributed by atoms with van der Waals surface area (Å²) in [7, 11) is 2.62. The van der Waals surface area contributed by atoms with Gasteiger partial charge in [0.15, 0.2) is 0 Å². The van der Waals surface area contributed by atoms with Crippen LogP contribution in [0.5, 0.6) is 0 Å². The maximum Gasteiger partial charge on any atom is 0.500 e. The summed E-state index contributed by atoms with van der Waals surface area (Å²) in [5, 5.41) is 0. The van der Waals surface area contributed by atoms with Gasteiger partial charge < -0.3 is 13.3 Å². The number of hydrogen-bond donors (Lipinski definition) is 0. The van der Waals surface area contributed by atoms with Crippen molar-refractivity contribution in [2.75, 3.05) is 27.2 Å². The Kier molecular flexibility index (Phi) is 9.65. The molecule has 1 unspecified atom stereocenters. The molecule has 0 saturated carbocycles. The first-order valence-electron chi connectivity index (χ1n) is 5.89. The van der Waals surface area contributed by atoms with Gasteiger partial charge in [-0.05, 0) is 12.3 Å². The fourth-order valence-electron chi connectivity index (χ4n) is 1.83. The Hall–Kier alpha value is 0.387. The number of halogens is 1. The van der Waals surface area contributed by atoms with Crippen LogP contribution < -0.4 is 0 Å². The monoisotopic (exact) mass is 268 g/mol. The SMILES string of the molecule is CCC(CCCCCl)C[Si](OC)(OC)OC. The summed E-state index contributed by atoms with van der Waals surface area (Å²) >= 11 is 5.68. The maximum atomic E-state index is 5.68. The van der Waals surface area contributed by atoms with Crippen molar-refractivity contribution in [3.05, 3.63) is 0 Å². The highest BCUT2D eigenvalue weighted by Gasteiger charge is 2.39. The molecule has 0 N–H and O–H groups in total. The molecule has 0 aliphatic heterocycles. The van der Waals surface area contributed by atoms with Crippen LogP contribution in [0.25, 0.3) is 0 Å². The van der Waals surface area contributed by atoms with Crippen LogP contribution in [0.15, 0.2) is 0 Å². The second-order valence-corrected chi connectivity index (χ2v) is 7.34. The molecule has 0 aliphatic carbocycles. The van der Waals surface area contributed by atoms with E-state index in [4.69, 9.17) is 24.9 Å². The third kappa shape index (κ3) is 5.64. The Bertz CT molecular complexity index is 157. The predicted molar refractivity (Wildman–Crippen MR) is 69.9 cm³/mol. The van der Waals surface area contributed by atoms with Crippen molar-refractivity contribution in [1.29, 1.82) is 0 Å². The van der Waals surface area contributed by atoms with Crippen LogP contribution in [0.4, 0.5) is 0 Å². The van der Waals surface area contributed by atoms with Gasteiger partial charge in [0.25, 0.3) is 0 Å². The van der Waals surface area contributed by atoms with Crippen molar-refractivity contribution in [3.8, 4) is 0 Å². The van der Waals surface area contributed by atoms with Gasteiger partial charge in [-0.15, -0.1) is 11.6 Å². The molecule has 0 aliphatic rings. The van der Waals surface area contributed by atoms with E-state index in [1.807, 2.05) is 0 Å². The fraction of sp³-hybridized carbons (Fsp3) is 1.00. The van der Waals surface area contributed by atoms with Gasteiger partial charge in [0, 0.05) is 33.3 Å². The summed E-state index contributed by atoms with van der Waals surface area (Å²) in [6, 6.07) is 0.898. The van der Waals surface area contributed by atoms with Gasteiger partial charge in [-0.3, -0.25) is 0 Å². The molecule has 0 saturated heterocycles. The van der Waals surface area contributed by atoms with Gasteiger partial charge in [-0.25, -0.2) is 0 Å². The quantitative estimate of drug-likeness (QED) is 0.346. The average Bonchev–Trinajstić information content (AvgIpc) is 2.34. The van der Waals surface area contributed by atoms with Gasteiger partial charge in [-0.2, -0.15) is 0 Å². The Morgan fingerprint density at radius 1 is 1.06 bits per heavy atom. The zero-order valence-corrected chi connectivity index (χ0v) is 12.7. The molecular weight excluding hydrogens is 244 g/mol. The number of rotatable bonds is 10. The highest BCUT2D eigenvalue weighted by molar-refractivity contribution is 6.60. The molecule has 0 fully saturated rings. The van der Waals surface area contributed by atoms with E-state index in [0.717, 1.165) is 24.8 Å². The van der Waals surface area contributed by atoms with Crippen LogP contribution in [0, 0.1) is 5.92 Å². The van der Waals surface area contributed by atoms with E-state index < -0.39 is 8.80 Å². The molecular formula is C11H25ClO3Si. The Balaban J connectivity index is 4.15. The molecule has 0 aromatic carbocycles. The van der Waals surface area contributed by atoms with Crippen LogP contribution in [-0.2, 0) is 13.3 Å². The van der Waals surface area contributed by atoms with E-state index in [-0.39, 0.29) is 0 Å². The molecule has 0 radical (unpaired) electrons. The normalized spacial score (nSPS) is 14.1. The van der Waals surface area contributed by atoms with E-state index in [0.29, 0.717) is 5.92 Å². The lowest BCUT2D eigenvalue weighted by Gasteiger charge is -2.28. The van der Waals surface area contributed by atoms with Crippen molar-refractivity contribution in [3.63, 3.8) is 0 Å². The summed E-state index contributed by atoms with van der Waals surface area (Å²) in [6.07, 6.45) is 4.56. The zero-order valence-electron chi connectivity index (χ0n) is 10.9. The molecule has 98 valence electrons. The summed E-state index contributed by atoms with van der Waals surface area (Å²) in [5.41, 5.74) is 0. The predicted octanol–water partition coefficient (Wildman–Crippen LogP) is 3.30. The lowest BCUT2D eigenvalue weighted by molar-refractivity contribution is 0.117. The van der Waals surface area contributed by atoms with E-state index in [1.54, 1.807) is 21.3 Å². The van der Waals surface area contributed by atoms with Crippen LogP contribution in [0.2, 0.25) is 6.04 Å². The van der Waals surface area contributed by atoms with E-state index in [1.165, 1.54) is 12.8 Å². The number of hydrogen-bond acceptors (Lipinski definition) is 3. The first-order chi connectivity index (χ1) is 7.67. The smallest absolute Gasteiger partial charge is 0.377 e. The molecule has 0 aromatic heterocycles. The molecule has 0 heterocycles. The molecule has 16 heavy (non-hydrogen) atoms. The minimum atomic E-state index is -2.39. The largest absolute Gasteiger partial charge is 0.500 e. The van der Waals surface area contributed by atoms with Crippen molar-refractivity contribution in [2.24, 2.45) is 5.92 Å². The minimum absolute atomic E-state index is 0.606. The van der Waals surface area contributed by atoms with Gasteiger partial charge in [0.2, 0.25) is 0 Å².